The summed E-state index contributed by atoms with van der Waals surface area (Å²) in [7, 11) is 0. The summed E-state index contributed by atoms with van der Waals surface area (Å²) in [5.41, 5.74) is 10.3. The Kier molecular flexibility index (Phi) is 20.2. The van der Waals surface area contributed by atoms with E-state index < -0.39 is 23.9 Å². The van der Waals surface area contributed by atoms with E-state index in [2.05, 4.69) is 90.1 Å². The molecule has 4 aromatic carbocycles. The molecule has 0 fully saturated rings. The Morgan fingerprint density at radius 1 is 0.356 bits per heavy atom. The van der Waals surface area contributed by atoms with E-state index in [1.807, 2.05) is 0 Å². The first-order valence-corrected chi connectivity index (χ1v) is 26.7. The molecule has 4 aromatic rings. The zero-order valence-corrected chi connectivity index (χ0v) is 45.4. The second-order valence-corrected chi connectivity index (χ2v) is 21.3. The molecule has 3 aliphatic carbocycles. The van der Waals surface area contributed by atoms with Gasteiger partial charge in [-0.2, -0.15) is 0 Å². The van der Waals surface area contributed by atoms with Gasteiger partial charge < -0.3 is 37.9 Å². The van der Waals surface area contributed by atoms with Gasteiger partial charge in [0.1, 0.15) is 23.0 Å². The number of rotatable bonds is 16. The number of fused-ring (bicyclic) bond motifs is 8. The number of benzene rings is 4. The van der Waals surface area contributed by atoms with E-state index in [0.717, 1.165) is 125 Å². The molecule has 0 atom stereocenters. The first kappa shape index (κ1) is 56.3. The van der Waals surface area contributed by atoms with Crippen LogP contribution in [0.25, 0.3) is 0 Å². The van der Waals surface area contributed by atoms with Crippen LogP contribution in [0.4, 0.5) is 0 Å². The van der Waals surface area contributed by atoms with Gasteiger partial charge in [-0.25, -0.2) is 19.2 Å². The largest absolute Gasteiger partial charge is 0.481 e. The number of carbonyl (C=O) groups is 4. The van der Waals surface area contributed by atoms with Crippen LogP contribution in [0.3, 0.4) is 0 Å². The van der Waals surface area contributed by atoms with Gasteiger partial charge in [-0.1, -0.05) is 122 Å². The highest BCUT2D eigenvalue weighted by Gasteiger charge is 2.29. The fraction of sp³-hybridized carbons (Fsp3) is 0.541. The van der Waals surface area contributed by atoms with E-state index in [0.29, 0.717) is 48.7 Å². The summed E-state index contributed by atoms with van der Waals surface area (Å²) in [6.07, 6.45) is 10.5. The number of hydrogen-bond donors (Lipinski definition) is 0. The molecule has 0 saturated carbocycles. The SMILES string of the molecule is CCOC(=O)COc1c2cc3cc1Cc1cc(C(C)(C)C)cc(c1OCC(=O)OCC)Cc1cc(cc(c1OCC(=O)OCC)Cc1cc(C(C)(C)C)cc(c1OCC(=O)OCC)C2)CCCCCCCCC3. The number of hydrogen-bond acceptors (Lipinski definition) is 12. The molecule has 0 heterocycles. The Morgan fingerprint density at radius 3 is 0.795 bits per heavy atom. The van der Waals surface area contributed by atoms with Crippen molar-refractivity contribution in [2.45, 2.75) is 164 Å². The summed E-state index contributed by atoms with van der Waals surface area (Å²) < 4.78 is 48.5. The second kappa shape index (κ2) is 26.3. The van der Waals surface area contributed by atoms with Crippen LogP contribution in [0, 0.1) is 0 Å². The highest BCUT2D eigenvalue weighted by Crippen LogP contribution is 2.43. The minimum atomic E-state index is -0.495. The lowest BCUT2D eigenvalue weighted by Gasteiger charge is -2.27. The lowest BCUT2D eigenvalue weighted by Crippen LogP contribution is -2.20. The van der Waals surface area contributed by atoms with E-state index in [1.165, 1.54) is 0 Å². The molecule has 12 heteroatoms. The molecule has 73 heavy (non-hydrogen) atoms. The minimum Gasteiger partial charge on any atom is -0.481 e. The quantitative estimate of drug-likeness (QED) is 0.0686. The van der Waals surface area contributed by atoms with Crippen LogP contribution in [-0.4, -0.2) is 76.7 Å². The van der Waals surface area contributed by atoms with Crippen LogP contribution in [0.2, 0.25) is 0 Å². The first-order valence-electron chi connectivity index (χ1n) is 26.7. The van der Waals surface area contributed by atoms with Crippen molar-refractivity contribution in [3.63, 3.8) is 0 Å². The third-order valence-corrected chi connectivity index (χ3v) is 13.3. The van der Waals surface area contributed by atoms with Gasteiger partial charge in [0.15, 0.2) is 26.4 Å². The Balaban J connectivity index is 1.78. The van der Waals surface area contributed by atoms with Gasteiger partial charge >= 0.3 is 23.9 Å². The van der Waals surface area contributed by atoms with Crippen LogP contribution < -0.4 is 18.9 Å². The third-order valence-electron chi connectivity index (χ3n) is 13.3. The average molecular weight is 1010 g/mol. The van der Waals surface area contributed by atoms with Crippen molar-refractivity contribution < 1.29 is 57.1 Å². The first-order chi connectivity index (χ1) is 34.9. The van der Waals surface area contributed by atoms with Gasteiger partial charge in [0.2, 0.25) is 0 Å². The molecule has 0 aromatic heterocycles. The molecule has 7 rings (SSSR count). The molecule has 10 bridgehead atoms. The van der Waals surface area contributed by atoms with Gasteiger partial charge in [0, 0.05) is 25.7 Å². The van der Waals surface area contributed by atoms with E-state index >= 15 is 0 Å². The molecule has 0 unspecified atom stereocenters. The van der Waals surface area contributed by atoms with E-state index in [1.54, 1.807) is 27.7 Å². The van der Waals surface area contributed by atoms with Crippen molar-refractivity contribution in [3.8, 4) is 23.0 Å². The lowest BCUT2D eigenvalue weighted by atomic mass is 9.81. The topological polar surface area (TPSA) is 142 Å². The maximum Gasteiger partial charge on any atom is 0.344 e. The monoisotopic (exact) mass is 1000 g/mol. The normalized spacial score (nSPS) is 14.1. The van der Waals surface area contributed by atoms with Gasteiger partial charge in [0.05, 0.1) is 26.4 Å². The summed E-state index contributed by atoms with van der Waals surface area (Å²) in [6, 6.07) is 17.4. The van der Waals surface area contributed by atoms with Gasteiger partial charge in [-0.15, -0.1) is 0 Å². The van der Waals surface area contributed by atoms with Gasteiger partial charge in [-0.05, 0) is 131 Å². The fourth-order valence-electron chi connectivity index (χ4n) is 9.81. The summed E-state index contributed by atoms with van der Waals surface area (Å²) in [6.45, 7) is 19.6. The molecule has 0 amide bonds. The molecule has 396 valence electrons. The summed E-state index contributed by atoms with van der Waals surface area (Å²) in [5, 5.41) is 0. The molecule has 0 spiro atoms. The van der Waals surface area contributed by atoms with Gasteiger partial charge in [0.25, 0.3) is 0 Å². The molecule has 3 aliphatic rings. The second-order valence-electron chi connectivity index (χ2n) is 21.3. The average Bonchev–Trinajstić information content (AvgIpc) is 3.31. The van der Waals surface area contributed by atoms with E-state index in [9.17, 15) is 19.2 Å². The lowest BCUT2D eigenvalue weighted by molar-refractivity contribution is -0.146. The molecule has 0 saturated heterocycles. The van der Waals surface area contributed by atoms with Crippen molar-refractivity contribution in [3.05, 3.63) is 115 Å². The molecule has 0 aliphatic heterocycles. The van der Waals surface area contributed by atoms with Crippen molar-refractivity contribution in [1.29, 1.82) is 0 Å². The zero-order valence-electron chi connectivity index (χ0n) is 45.4. The maximum absolute atomic E-state index is 13.2. The van der Waals surface area contributed by atoms with Crippen LogP contribution in [0.15, 0.2) is 48.5 Å². The summed E-state index contributed by atoms with van der Waals surface area (Å²) in [4.78, 5) is 52.9. The van der Waals surface area contributed by atoms with Crippen LogP contribution in [-0.2, 0) is 87.5 Å². The van der Waals surface area contributed by atoms with Crippen molar-refractivity contribution in [1.82, 2.24) is 0 Å². The Labute approximate surface area is 434 Å². The predicted molar refractivity (Wildman–Crippen MR) is 283 cm³/mol. The molecular formula is C61H80O12. The standard InChI is InChI=1S/C61H80O12/c1-11-66-52(62)36-70-56-42-24-40-22-20-18-16-15-17-19-21-23-41-26-44(30-48-34-50(60(5,6)7)32-46(28-42)58(48)72-38-54(64)68-13-3)57(71-37-53(63)67-12-2)45(27-41)31-49-35-51(61(8,9)10)33-47(29-43(56)25-40)59(49)73-39-55(65)69-14-4/h24-27,32-35H,11-23,28-31,36-39H2,1-10H3. The predicted octanol–water partition coefficient (Wildman–Crippen LogP) is 11.6. The minimum absolute atomic E-state index is 0.201. The fourth-order valence-corrected chi connectivity index (χ4v) is 9.81. The molecular weight excluding hydrogens is 925 g/mol. The maximum atomic E-state index is 13.2. The molecule has 0 N–H and O–H groups in total. The number of ether oxygens (including phenoxy) is 8. The zero-order chi connectivity index (χ0) is 52.7. The van der Waals surface area contributed by atoms with Crippen molar-refractivity contribution in [2.75, 3.05) is 52.9 Å². The number of esters is 4. The van der Waals surface area contributed by atoms with Crippen LogP contribution in [0.1, 0.15) is 181 Å². The Morgan fingerprint density at radius 2 is 0.575 bits per heavy atom. The highest BCUT2D eigenvalue weighted by atomic mass is 16.6. The highest BCUT2D eigenvalue weighted by molar-refractivity contribution is 5.73. The van der Waals surface area contributed by atoms with E-state index in [-0.39, 0.29) is 63.7 Å². The van der Waals surface area contributed by atoms with Crippen LogP contribution in [0.5, 0.6) is 23.0 Å². The van der Waals surface area contributed by atoms with E-state index in [4.69, 9.17) is 37.9 Å². The Bertz CT molecular complexity index is 2290. The van der Waals surface area contributed by atoms with Crippen molar-refractivity contribution in [2.24, 2.45) is 0 Å². The molecule has 12 nitrogen and oxygen atoms in total. The molecule has 0 radical (unpaired) electrons. The summed E-state index contributed by atoms with van der Waals surface area (Å²) in [5.74, 6) is 0.155. The smallest absolute Gasteiger partial charge is 0.344 e. The third kappa shape index (κ3) is 16.0. The number of aryl methyl sites for hydroxylation is 2. The Hall–Kier alpha value is -6.04. The van der Waals surface area contributed by atoms with Crippen LogP contribution >= 0.6 is 0 Å². The summed E-state index contributed by atoms with van der Waals surface area (Å²) >= 11 is 0. The van der Waals surface area contributed by atoms with Gasteiger partial charge in [-0.3, -0.25) is 0 Å². The van der Waals surface area contributed by atoms with Crippen molar-refractivity contribution >= 4 is 23.9 Å². The number of carbonyl (C=O) groups excluding carboxylic acids is 4.